The van der Waals surface area contributed by atoms with Gasteiger partial charge in [0.15, 0.2) is 0 Å². The molecule has 0 aromatic carbocycles. The van der Waals surface area contributed by atoms with Gasteiger partial charge in [0.25, 0.3) is 0 Å². The molecule has 0 fully saturated rings. The van der Waals surface area contributed by atoms with Crippen LogP contribution in [0.25, 0.3) is 0 Å². The highest BCUT2D eigenvalue weighted by atomic mass is 33.1. The average Bonchev–Trinajstić information content (AvgIpc) is 1.94. The highest BCUT2D eigenvalue weighted by Crippen LogP contribution is 2.38. The van der Waals surface area contributed by atoms with E-state index in [9.17, 15) is 0 Å². The summed E-state index contributed by atoms with van der Waals surface area (Å²) in [6.45, 7) is 4.34. The smallest absolute Gasteiger partial charge is 0.0394 e. The lowest BCUT2D eigenvalue weighted by molar-refractivity contribution is 0.763. The third kappa shape index (κ3) is 2.10. The van der Waals surface area contributed by atoms with E-state index >= 15 is 0 Å². The van der Waals surface area contributed by atoms with Gasteiger partial charge in [0, 0.05) is 5.25 Å². The lowest BCUT2D eigenvalue weighted by Gasteiger charge is -2.19. The van der Waals surface area contributed by atoms with Crippen molar-refractivity contribution in [3.8, 4) is 0 Å². The van der Waals surface area contributed by atoms with Crippen molar-refractivity contribution in [1.82, 2.24) is 0 Å². The molecule has 0 bridgehead atoms. The molecular weight excluding hydrogens is 160 g/mol. The van der Waals surface area contributed by atoms with Crippen LogP contribution >= 0.6 is 21.6 Å². The summed E-state index contributed by atoms with van der Waals surface area (Å²) in [5.41, 5.74) is 0. The van der Waals surface area contributed by atoms with E-state index < -0.39 is 0 Å². The first-order valence-electron chi connectivity index (χ1n) is 3.46. The number of hydrogen-bond acceptors (Lipinski definition) is 2. The summed E-state index contributed by atoms with van der Waals surface area (Å²) in [5, 5.41) is 2.86. The summed E-state index contributed by atoms with van der Waals surface area (Å²) in [6, 6.07) is 0. The van der Waals surface area contributed by atoms with Gasteiger partial charge in [0.1, 0.15) is 0 Å². The summed E-state index contributed by atoms with van der Waals surface area (Å²) in [6.07, 6.45) is 6.67. The van der Waals surface area contributed by atoms with E-state index in [2.05, 4.69) is 37.5 Å². The van der Waals surface area contributed by atoms with Crippen molar-refractivity contribution >= 4 is 21.6 Å². The minimum Gasteiger partial charge on any atom is -0.0905 e. The van der Waals surface area contributed by atoms with E-state index in [0.717, 1.165) is 0 Å². The van der Waals surface area contributed by atoms with Gasteiger partial charge in [-0.15, -0.1) is 0 Å². The Morgan fingerprint density at radius 3 is 2.90 bits per heavy atom. The van der Waals surface area contributed by atoms with E-state index in [4.69, 9.17) is 0 Å². The minimum absolute atomic E-state index is 0.681. The predicted molar refractivity (Wildman–Crippen MR) is 52.1 cm³/mol. The van der Waals surface area contributed by atoms with Crippen molar-refractivity contribution in [2.24, 2.45) is 5.92 Å². The van der Waals surface area contributed by atoms with Gasteiger partial charge in [0.2, 0.25) is 0 Å². The Labute approximate surface area is 70.6 Å². The lowest BCUT2D eigenvalue weighted by Crippen LogP contribution is -2.09. The normalized spacial score (nSPS) is 33.4. The van der Waals surface area contributed by atoms with Crippen molar-refractivity contribution in [2.45, 2.75) is 19.1 Å². The van der Waals surface area contributed by atoms with Gasteiger partial charge >= 0.3 is 0 Å². The molecule has 10 heavy (non-hydrogen) atoms. The Balaban J connectivity index is 2.52. The molecule has 1 aliphatic rings. The molecule has 0 spiro atoms. The third-order valence-corrected chi connectivity index (χ3v) is 4.03. The Morgan fingerprint density at radius 1 is 1.50 bits per heavy atom. The number of allylic oxidation sites excluding steroid dienone is 2. The molecule has 2 heteroatoms. The third-order valence-electron chi connectivity index (χ3n) is 1.50. The van der Waals surface area contributed by atoms with Gasteiger partial charge in [-0.1, -0.05) is 46.7 Å². The zero-order valence-electron chi connectivity index (χ0n) is 6.28. The fourth-order valence-electron chi connectivity index (χ4n) is 0.846. The quantitative estimate of drug-likeness (QED) is 0.439. The summed E-state index contributed by atoms with van der Waals surface area (Å²) in [7, 11) is 3.77. The SMILES string of the molecule is C/C=C/C1SSC=CC1C. The van der Waals surface area contributed by atoms with E-state index in [1.807, 2.05) is 21.6 Å². The molecule has 0 aliphatic carbocycles. The van der Waals surface area contributed by atoms with E-state index in [1.165, 1.54) is 0 Å². The number of hydrogen-bond donors (Lipinski definition) is 0. The molecule has 0 saturated carbocycles. The Hall–Kier alpha value is 0.180. The van der Waals surface area contributed by atoms with Gasteiger partial charge in [-0.3, -0.25) is 0 Å². The van der Waals surface area contributed by atoms with E-state index in [-0.39, 0.29) is 0 Å². The zero-order chi connectivity index (χ0) is 7.40. The first-order valence-corrected chi connectivity index (χ1v) is 5.74. The second kappa shape index (κ2) is 4.14. The fourth-order valence-corrected chi connectivity index (χ4v) is 3.33. The van der Waals surface area contributed by atoms with Gasteiger partial charge in [-0.2, -0.15) is 0 Å². The molecular formula is C8H12S2. The molecule has 0 saturated heterocycles. The van der Waals surface area contributed by atoms with E-state index in [0.29, 0.717) is 11.2 Å². The molecule has 1 rings (SSSR count). The minimum atomic E-state index is 0.681. The van der Waals surface area contributed by atoms with Crippen molar-refractivity contribution in [1.29, 1.82) is 0 Å². The lowest BCUT2D eigenvalue weighted by atomic mass is 10.1. The van der Waals surface area contributed by atoms with Gasteiger partial charge in [-0.05, 0) is 18.2 Å². The Bertz CT molecular complexity index is 149. The molecule has 0 aromatic rings. The van der Waals surface area contributed by atoms with E-state index in [1.54, 1.807) is 0 Å². The van der Waals surface area contributed by atoms with Crippen LogP contribution in [0, 0.1) is 5.92 Å². The maximum Gasteiger partial charge on any atom is 0.0394 e. The van der Waals surface area contributed by atoms with Crippen LogP contribution in [-0.4, -0.2) is 5.25 Å². The molecule has 2 unspecified atom stereocenters. The monoisotopic (exact) mass is 172 g/mol. The molecule has 2 atom stereocenters. The van der Waals surface area contributed by atoms with Crippen molar-refractivity contribution in [2.75, 3.05) is 0 Å². The first-order chi connectivity index (χ1) is 4.84. The maximum atomic E-state index is 2.27. The van der Waals surface area contributed by atoms with Gasteiger partial charge in [0.05, 0.1) is 0 Å². The molecule has 0 amide bonds. The fraction of sp³-hybridized carbons (Fsp3) is 0.500. The topological polar surface area (TPSA) is 0 Å². The summed E-state index contributed by atoms with van der Waals surface area (Å²) in [4.78, 5) is 0. The maximum absolute atomic E-state index is 2.27. The van der Waals surface area contributed by atoms with Crippen LogP contribution in [0.15, 0.2) is 23.6 Å². The molecule has 0 radical (unpaired) electrons. The summed E-state index contributed by atoms with van der Waals surface area (Å²) in [5.74, 6) is 0.697. The Kier molecular flexibility index (Phi) is 3.43. The summed E-state index contributed by atoms with van der Waals surface area (Å²) < 4.78 is 0. The van der Waals surface area contributed by atoms with Crippen molar-refractivity contribution in [3.63, 3.8) is 0 Å². The second-order valence-corrected chi connectivity index (χ2v) is 4.73. The standard InChI is InChI=1S/C8H12S2/c1-3-4-8-7(2)5-6-9-10-8/h3-8H,1-2H3/b4-3+. The molecule has 0 aromatic heterocycles. The molecule has 0 nitrogen and oxygen atoms in total. The van der Waals surface area contributed by atoms with Crippen LogP contribution in [-0.2, 0) is 0 Å². The molecule has 0 N–H and O–H groups in total. The molecule has 1 aliphatic heterocycles. The average molecular weight is 172 g/mol. The van der Waals surface area contributed by atoms with Crippen LogP contribution in [0.2, 0.25) is 0 Å². The predicted octanol–water partition coefficient (Wildman–Crippen LogP) is 3.48. The Morgan fingerprint density at radius 2 is 2.30 bits per heavy atom. The highest BCUT2D eigenvalue weighted by molar-refractivity contribution is 8.78. The largest absolute Gasteiger partial charge is 0.0905 e. The first kappa shape index (κ1) is 8.28. The van der Waals surface area contributed by atoms with Gasteiger partial charge in [-0.25, -0.2) is 0 Å². The summed E-state index contributed by atoms with van der Waals surface area (Å²) >= 11 is 0. The van der Waals surface area contributed by atoms with Crippen molar-refractivity contribution in [3.05, 3.63) is 23.6 Å². The molecule has 56 valence electrons. The van der Waals surface area contributed by atoms with Crippen LogP contribution in [0.4, 0.5) is 0 Å². The molecule has 1 heterocycles. The second-order valence-electron chi connectivity index (χ2n) is 2.37. The van der Waals surface area contributed by atoms with Crippen molar-refractivity contribution < 1.29 is 0 Å². The zero-order valence-corrected chi connectivity index (χ0v) is 7.91. The van der Waals surface area contributed by atoms with Gasteiger partial charge < -0.3 is 0 Å². The van der Waals surface area contributed by atoms with Crippen LogP contribution in [0.3, 0.4) is 0 Å². The highest BCUT2D eigenvalue weighted by Gasteiger charge is 2.14. The number of rotatable bonds is 1. The van der Waals surface area contributed by atoms with Crippen LogP contribution in [0.5, 0.6) is 0 Å². The van der Waals surface area contributed by atoms with Crippen LogP contribution < -0.4 is 0 Å². The van der Waals surface area contributed by atoms with Crippen LogP contribution in [0.1, 0.15) is 13.8 Å².